The van der Waals surface area contributed by atoms with E-state index in [-0.39, 0.29) is 10.8 Å². The second kappa shape index (κ2) is 7.38. The summed E-state index contributed by atoms with van der Waals surface area (Å²) < 4.78 is 26.4. The van der Waals surface area contributed by atoms with Crippen molar-refractivity contribution in [3.63, 3.8) is 0 Å². The summed E-state index contributed by atoms with van der Waals surface area (Å²) in [6.45, 7) is 2.98. The first kappa shape index (κ1) is 16.5. The average molecular weight is 320 g/mol. The third kappa shape index (κ3) is 4.05. The maximum Gasteiger partial charge on any atom is 0.248 e. The highest BCUT2D eigenvalue weighted by atomic mass is 32.2. The van der Waals surface area contributed by atoms with Crippen molar-refractivity contribution in [2.24, 2.45) is 0 Å². The second-order valence-corrected chi connectivity index (χ2v) is 6.95. The third-order valence-corrected chi connectivity index (χ3v) is 5.25. The van der Waals surface area contributed by atoms with Crippen molar-refractivity contribution in [1.29, 1.82) is 0 Å². The SMILES string of the molecule is C/C=C/C=C/C(=O)Nc1cccc(S(=O)(=O)N2CCCC2)c1. The van der Waals surface area contributed by atoms with Crippen LogP contribution in [0.2, 0.25) is 0 Å². The Bertz CT molecular complexity index is 687. The Morgan fingerprint density at radius 3 is 2.64 bits per heavy atom. The zero-order valence-electron chi connectivity index (χ0n) is 12.5. The first-order valence-electron chi connectivity index (χ1n) is 7.24. The molecule has 0 atom stereocenters. The van der Waals surface area contributed by atoms with Gasteiger partial charge in [-0.25, -0.2) is 8.42 Å². The van der Waals surface area contributed by atoms with Gasteiger partial charge in [-0.2, -0.15) is 4.31 Å². The normalized spacial score (nSPS) is 16.6. The number of nitrogens with one attached hydrogen (secondary N) is 1. The molecule has 0 unspecified atom stereocenters. The van der Waals surface area contributed by atoms with E-state index in [1.807, 2.05) is 13.0 Å². The predicted octanol–water partition coefficient (Wildman–Crippen LogP) is 2.54. The number of hydrogen-bond donors (Lipinski definition) is 1. The fourth-order valence-electron chi connectivity index (χ4n) is 2.25. The van der Waals surface area contributed by atoms with Gasteiger partial charge in [-0.05, 0) is 38.0 Å². The molecule has 1 heterocycles. The number of anilines is 1. The molecule has 1 N–H and O–H groups in total. The molecule has 0 bridgehead atoms. The highest BCUT2D eigenvalue weighted by molar-refractivity contribution is 7.89. The molecule has 0 saturated carbocycles. The van der Waals surface area contributed by atoms with Crippen LogP contribution in [-0.2, 0) is 14.8 Å². The Labute approximate surface area is 131 Å². The molecule has 118 valence electrons. The van der Waals surface area contributed by atoms with E-state index < -0.39 is 10.0 Å². The summed E-state index contributed by atoms with van der Waals surface area (Å²) in [5.41, 5.74) is 0.468. The molecule has 0 aliphatic carbocycles. The Kier molecular flexibility index (Phi) is 5.51. The lowest BCUT2D eigenvalue weighted by Gasteiger charge is -2.16. The van der Waals surface area contributed by atoms with Gasteiger partial charge >= 0.3 is 0 Å². The monoisotopic (exact) mass is 320 g/mol. The lowest BCUT2D eigenvalue weighted by molar-refractivity contribution is -0.111. The summed E-state index contributed by atoms with van der Waals surface area (Å²) in [4.78, 5) is 11.9. The molecule has 0 spiro atoms. The zero-order chi connectivity index (χ0) is 16.0. The third-order valence-electron chi connectivity index (χ3n) is 3.36. The molecule has 1 saturated heterocycles. The molecule has 2 rings (SSSR count). The lowest BCUT2D eigenvalue weighted by Crippen LogP contribution is -2.27. The van der Waals surface area contributed by atoms with Crippen molar-refractivity contribution in [3.05, 3.63) is 48.6 Å². The number of hydrogen-bond acceptors (Lipinski definition) is 3. The van der Waals surface area contributed by atoms with Crippen molar-refractivity contribution in [1.82, 2.24) is 4.31 Å². The minimum absolute atomic E-state index is 0.213. The second-order valence-electron chi connectivity index (χ2n) is 5.01. The van der Waals surface area contributed by atoms with Gasteiger partial charge in [-0.15, -0.1) is 0 Å². The largest absolute Gasteiger partial charge is 0.322 e. The van der Waals surface area contributed by atoms with Crippen molar-refractivity contribution in [2.45, 2.75) is 24.7 Å². The number of sulfonamides is 1. The van der Waals surface area contributed by atoms with Crippen LogP contribution in [0.4, 0.5) is 5.69 Å². The molecular formula is C16H20N2O3S. The van der Waals surface area contributed by atoms with Crippen LogP contribution in [0.15, 0.2) is 53.5 Å². The van der Waals surface area contributed by atoms with E-state index in [0.29, 0.717) is 18.8 Å². The summed E-state index contributed by atoms with van der Waals surface area (Å²) >= 11 is 0. The number of carbonyl (C=O) groups excluding carboxylic acids is 1. The molecule has 22 heavy (non-hydrogen) atoms. The number of allylic oxidation sites excluding steroid dienone is 3. The van der Waals surface area contributed by atoms with E-state index in [4.69, 9.17) is 0 Å². The van der Waals surface area contributed by atoms with Gasteiger partial charge in [0.2, 0.25) is 15.9 Å². The van der Waals surface area contributed by atoms with Crippen molar-refractivity contribution < 1.29 is 13.2 Å². The summed E-state index contributed by atoms with van der Waals surface area (Å²) in [5, 5.41) is 2.66. The summed E-state index contributed by atoms with van der Waals surface area (Å²) in [5.74, 6) is -0.297. The van der Waals surface area contributed by atoms with Crippen LogP contribution in [-0.4, -0.2) is 31.7 Å². The molecule has 1 aliphatic heterocycles. The van der Waals surface area contributed by atoms with Gasteiger partial charge in [0.25, 0.3) is 0 Å². The van der Waals surface area contributed by atoms with Gasteiger partial charge in [0, 0.05) is 24.9 Å². The van der Waals surface area contributed by atoms with Gasteiger partial charge in [0.1, 0.15) is 0 Å². The Hall–Kier alpha value is -1.92. The maximum absolute atomic E-state index is 12.5. The molecule has 1 aliphatic rings. The predicted molar refractivity (Wildman–Crippen MR) is 87.0 cm³/mol. The van der Waals surface area contributed by atoms with Crippen LogP contribution in [0.25, 0.3) is 0 Å². The Balaban J connectivity index is 2.14. The van der Waals surface area contributed by atoms with E-state index in [1.54, 1.807) is 30.4 Å². The Morgan fingerprint density at radius 2 is 1.95 bits per heavy atom. The van der Waals surface area contributed by atoms with Crippen molar-refractivity contribution in [3.8, 4) is 0 Å². The van der Waals surface area contributed by atoms with E-state index in [2.05, 4.69) is 5.32 Å². The highest BCUT2D eigenvalue weighted by Crippen LogP contribution is 2.23. The first-order chi connectivity index (χ1) is 10.5. The van der Waals surface area contributed by atoms with Crippen molar-refractivity contribution in [2.75, 3.05) is 18.4 Å². The lowest BCUT2D eigenvalue weighted by atomic mass is 10.3. The molecule has 6 heteroatoms. The zero-order valence-corrected chi connectivity index (χ0v) is 13.3. The van der Waals surface area contributed by atoms with Crippen LogP contribution >= 0.6 is 0 Å². The highest BCUT2D eigenvalue weighted by Gasteiger charge is 2.27. The number of rotatable bonds is 5. The number of nitrogens with zero attached hydrogens (tertiary/aromatic N) is 1. The van der Waals surface area contributed by atoms with E-state index in [0.717, 1.165) is 12.8 Å². The van der Waals surface area contributed by atoms with E-state index >= 15 is 0 Å². The fourth-order valence-corrected chi connectivity index (χ4v) is 3.81. The smallest absolute Gasteiger partial charge is 0.248 e. The standard InChI is InChI=1S/C16H20N2O3S/c1-2-3-4-10-16(19)17-14-8-7-9-15(13-14)22(20,21)18-11-5-6-12-18/h2-4,7-10,13H,5-6,11-12H2,1H3,(H,17,19)/b3-2+,10-4+. The molecule has 1 fully saturated rings. The van der Waals surface area contributed by atoms with Crippen LogP contribution in [0.1, 0.15) is 19.8 Å². The quantitative estimate of drug-likeness (QED) is 0.670. The van der Waals surface area contributed by atoms with Crippen molar-refractivity contribution >= 4 is 21.6 Å². The van der Waals surface area contributed by atoms with Gasteiger partial charge < -0.3 is 5.32 Å². The van der Waals surface area contributed by atoms with Gasteiger partial charge in [-0.1, -0.05) is 24.3 Å². The minimum Gasteiger partial charge on any atom is -0.322 e. The van der Waals surface area contributed by atoms with Crippen LogP contribution in [0.3, 0.4) is 0 Å². The van der Waals surface area contributed by atoms with Crippen LogP contribution in [0.5, 0.6) is 0 Å². The molecule has 0 radical (unpaired) electrons. The number of amides is 1. The summed E-state index contributed by atoms with van der Waals surface area (Å²) in [6.07, 6.45) is 8.36. The maximum atomic E-state index is 12.5. The molecule has 1 aromatic rings. The average Bonchev–Trinajstić information content (AvgIpc) is 3.03. The van der Waals surface area contributed by atoms with E-state index in [1.165, 1.54) is 16.4 Å². The van der Waals surface area contributed by atoms with Gasteiger partial charge in [0.05, 0.1) is 4.90 Å². The first-order valence-corrected chi connectivity index (χ1v) is 8.68. The molecule has 5 nitrogen and oxygen atoms in total. The van der Waals surface area contributed by atoms with Crippen LogP contribution < -0.4 is 5.32 Å². The minimum atomic E-state index is -3.47. The number of benzene rings is 1. The topological polar surface area (TPSA) is 66.5 Å². The van der Waals surface area contributed by atoms with Gasteiger partial charge in [-0.3, -0.25) is 4.79 Å². The molecule has 1 amide bonds. The molecular weight excluding hydrogens is 300 g/mol. The molecule has 1 aromatic carbocycles. The van der Waals surface area contributed by atoms with Gasteiger partial charge in [0.15, 0.2) is 0 Å². The fraction of sp³-hybridized carbons (Fsp3) is 0.312. The van der Waals surface area contributed by atoms with E-state index in [9.17, 15) is 13.2 Å². The summed E-state index contributed by atoms with van der Waals surface area (Å²) in [6, 6.07) is 6.35. The molecule has 0 aromatic heterocycles. The summed E-state index contributed by atoms with van der Waals surface area (Å²) in [7, 11) is -3.47. The number of carbonyl (C=O) groups is 1. The Morgan fingerprint density at radius 1 is 1.23 bits per heavy atom. The van der Waals surface area contributed by atoms with Crippen LogP contribution in [0, 0.1) is 0 Å².